The molecular formula is C21H17BrN2O3. The summed E-state index contributed by atoms with van der Waals surface area (Å²) in [4.78, 5) is 27.0. The average Bonchev–Trinajstić information content (AvgIpc) is 3.22. The maximum atomic E-state index is 12.8. The molecule has 1 aliphatic heterocycles. The largest absolute Gasteiger partial charge is 0.459 e. The first-order valence-corrected chi connectivity index (χ1v) is 9.47. The van der Waals surface area contributed by atoms with Crippen LogP contribution in [0.1, 0.15) is 32.9 Å². The van der Waals surface area contributed by atoms with E-state index in [4.69, 9.17) is 4.42 Å². The van der Waals surface area contributed by atoms with E-state index in [9.17, 15) is 9.59 Å². The molecule has 0 saturated heterocycles. The lowest BCUT2D eigenvalue weighted by molar-refractivity contribution is 0.0958. The molecule has 0 fully saturated rings. The van der Waals surface area contributed by atoms with E-state index < -0.39 is 0 Å². The Morgan fingerprint density at radius 1 is 1.07 bits per heavy atom. The van der Waals surface area contributed by atoms with Gasteiger partial charge in [-0.25, -0.2) is 0 Å². The van der Waals surface area contributed by atoms with Gasteiger partial charge in [0.25, 0.3) is 11.8 Å². The third-order valence-electron chi connectivity index (χ3n) is 4.56. The molecule has 27 heavy (non-hydrogen) atoms. The Morgan fingerprint density at radius 2 is 1.93 bits per heavy atom. The van der Waals surface area contributed by atoms with Crippen LogP contribution >= 0.6 is 15.9 Å². The van der Waals surface area contributed by atoms with Gasteiger partial charge in [-0.1, -0.05) is 18.2 Å². The highest BCUT2D eigenvalue weighted by atomic mass is 79.9. The molecule has 0 saturated carbocycles. The minimum atomic E-state index is -0.206. The summed E-state index contributed by atoms with van der Waals surface area (Å²) in [5, 5.41) is 2.91. The van der Waals surface area contributed by atoms with Crippen molar-refractivity contribution in [3.05, 3.63) is 82.2 Å². The standard InChI is InChI=1S/C21H17BrN2O3/c22-17-7-2-1-6-16(17)20(25)23-15-10-9-14-5-3-11-24(18(14)13-15)21(26)19-8-4-12-27-19/h1-2,4,6-10,12-13H,3,5,11H2,(H,23,25). The van der Waals surface area contributed by atoms with Gasteiger partial charge in [0, 0.05) is 22.4 Å². The van der Waals surface area contributed by atoms with Crippen LogP contribution in [-0.2, 0) is 6.42 Å². The minimum Gasteiger partial charge on any atom is -0.459 e. The summed E-state index contributed by atoms with van der Waals surface area (Å²) in [7, 11) is 0. The maximum Gasteiger partial charge on any atom is 0.293 e. The number of halogens is 1. The first kappa shape index (κ1) is 17.5. The molecule has 0 atom stereocenters. The summed E-state index contributed by atoms with van der Waals surface area (Å²) in [5.41, 5.74) is 3.10. The Hall–Kier alpha value is -2.86. The normalized spacial score (nSPS) is 13.1. The summed E-state index contributed by atoms with van der Waals surface area (Å²) in [5.74, 6) is -0.0668. The summed E-state index contributed by atoms with van der Waals surface area (Å²) in [6.45, 7) is 0.619. The topological polar surface area (TPSA) is 62.6 Å². The first-order chi connectivity index (χ1) is 13.1. The molecule has 0 spiro atoms. The van der Waals surface area contributed by atoms with Crippen molar-refractivity contribution < 1.29 is 14.0 Å². The van der Waals surface area contributed by atoms with Crippen molar-refractivity contribution in [3.8, 4) is 0 Å². The first-order valence-electron chi connectivity index (χ1n) is 8.67. The molecule has 2 heterocycles. The predicted octanol–water partition coefficient (Wildman–Crippen LogP) is 4.89. The van der Waals surface area contributed by atoms with Crippen LogP contribution in [0.25, 0.3) is 0 Å². The van der Waals surface area contributed by atoms with Gasteiger partial charge in [-0.2, -0.15) is 0 Å². The van der Waals surface area contributed by atoms with Crippen molar-refractivity contribution >= 4 is 39.1 Å². The molecule has 0 aliphatic carbocycles. The van der Waals surface area contributed by atoms with Gasteiger partial charge in [0.15, 0.2) is 5.76 Å². The number of anilines is 2. The number of rotatable bonds is 3. The van der Waals surface area contributed by atoms with Crippen LogP contribution in [0, 0.1) is 0 Å². The number of aryl methyl sites for hydroxylation is 1. The third kappa shape index (κ3) is 3.53. The quantitative estimate of drug-likeness (QED) is 0.650. The average molecular weight is 425 g/mol. The van der Waals surface area contributed by atoms with Gasteiger partial charge >= 0.3 is 0 Å². The van der Waals surface area contributed by atoms with Crippen LogP contribution in [0.3, 0.4) is 0 Å². The van der Waals surface area contributed by atoms with E-state index in [-0.39, 0.29) is 11.8 Å². The minimum absolute atomic E-state index is 0.171. The molecule has 2 aromatic carbocycles. The van der Waals surface area contributed by atoms with Crippen LogP contribution in [0.4, 0.5) is 11.4 Å². The van der Waals surface area contributed by atoms with Crippen LogP contribution in [0.15, 0.2) is 69.8 Å². The molecule has 136 valence electrons. The van der Waals surface area contributed by atoms with Gasteiger partial charge in [-0.05, 0) is 70.7 Å². The van der Waals surface area contributed by atoms with Gasteiger partial charge in [0.05, 0.1) is 11.8 Å². The predicted molar refractivity (Wildman–Crippen MR) is 107 cm³/mol. The molecule has 6 heteroatoms. The molecule has 0 radical (unpaired) electrons. The smallest absolute Gasteiger partial charge is 0.293 e. The number of hydrogen-bond acceptors (Lipinski definition) is 3. The van der Waals surface area contributed by atoms with Gasteiger partial charge < -0.3 is 14.6 Å². The number of nitrogens with zero attached hydrogens (tertiary/aromatic N) is 1. The van der Waals surface area contributed by atoms with E-state index in [1.54, 1.807) is 23.1 Å². The second kappa shape index (κ2) is 7.40. The van der Waals surface area contributed by atoms with Crippen LogP contribution < -0.4 is 10.2 Å². The zero-order chi connectivity index (χ0) is 18.8. The van der Waals surface area contributed by atoms with Crippen molar-refractivity contribution in [2.45, 2.75) is 12.8 Å². The molecule has 1 aliphatic rings. The Kier molecular flexibility index (Phi) is 4.81. The van der Waals surface area contributed by atoms with Crippen molar-refractivity contribution in [1.82, 2.24) is 0 Å². The number of nitrogens with one attached hydrogen (secondary N) is 1. The molecular weight excluding hydrogens is 408 g/mol. The van der Waals surface area contributed by atoms with E-state index >= 15 is 0 Å². The summed E-state index contributed by atoms with van der Waals surface area (Å²) >= 11 is 3.40. The van der Waals surface area contributed by atoms with E-state index in [0.29, 0.717) is 23.6 Å². The molecule has 1 aromatic heterocycles. The highest BCUT2D eigenvalue weighted by Gasteiger charge is 2.25. The maximum absolute atomic E-state index is 12.8. The number of hydrogen-bond donors (Lipinski definition) is 1. The van der Waals surface area contributed by atoms with E-state index in [1.165, 1.54) is 6.26 Å². The Balaban J connectivity index is 1.62. The zero-order valence-corrected chi connectivity index (χ0v) is 16.0. The summed E-state index contributed by atoms with van der Waals surface area (Å²) in [6, 6.07) is 16.3. The number of fused-ring (bicyclic) bond motifs is 1. The van der Waals surface area contributed by atoms with Crippen molar-refractivity contribution in [2.75, 3.05) is 16.8 Å². The van der Waals surface area contributed by atoms with Crippen molar-refractivity contribution in [2.24, 2.45) is 0 Å². The fourth-order valence-electron chi connectivity index (χ4n) is 3.24. The van der Waals surface area contributed by atoms with Crippen molar-refractivity contribution in [3.63, 3.8) is 0 Å². The highest BCUT2D eigenvalue weighted by Crippen LogP contribution is 2.31. The lowest BCUT2D eigenvalue weighted by atomic mass is 10.0. The Morgan fingerprint density at radius 3 is 2.70 bits per heavy atom. The fraction of sp³-hybridized carbons (Fsp3) is 0.143. The van der Waals surface area contributed by atoms with Gasteiger partial charge in [0.1, 0.15) is 0 Å². The number of furan rings is 1. The van der Waals surface area contributed by atoms with E-state index in [1.807, 2.05) is 36.4 Å². The Bertz CT molecular complexity index is 998. The molecule has 3 aromatic rings. The molecule has 0 unspecified atom stereocenters. The number of amides is 2. The monoisotopic (exact) mass is 424 g/mol. The zero-order valence-electron chi connectivity index (χ0n) is 14.4. The van der Waals surface area contributed by atoms with Crippen molar-refractivity contribution in [1.29, 1.82) is 0 Å². The van der Waals surface area contributed by atoms with E-state index in [0.717, 1.165) is 28.6 Å². The number of carbonyl (C=O) groups excluding carboxylic acids is 2. The third-order valence-corrected chi connectivity index (χ3v) is 5.25. The lowest BCUT2D eigenvalue weighted by Gasteiger charge is -2.29. The molecule has 0 bridgehead atoms. The van der Waals surface area contributed by atoms with E-state index in [2.05, 4.69) is 21.2 Å². The molecule has 1 N–H and O–H groups in total. The Labute approximate surface area is 165 Å². The summed E-state index contributed by atoms with van der Waals surface area (Å²) in [6.07, 6.45) is 3.28. The number of carbonyl (C=O) groups is 2. The fourth-order valence-corrected chi connectivity index (χ4v) is 3.71. The van der Waals surface area contributed by atoms with Crippen LogP contribution in [0.5, 0.6) is 0 Å². The lowest BCUT2D eigenvalue weighted by Crippen LogP contribution is -2.35. The molecule has 2 amide bonds. The second-order valence-electron chi connectivity index (χ2n) is 6.32. The number of benzene rings is 2. The second-order valence-corrected chi connectivity index (χ2v) is 7.17. The van der Waals surface area contributed by atoms with Crippen LogP contribution in [-0.4, -0.2) is 18.4 Å². The van der Waals surface area contributed by atoms with Crippen LogP contribution in [0.2, 0.25) is 0 Å². The molecule has 5 nitrogen and oxygen atoms in total. The van der Waals surface area contributed by atoms with Gasteiger partial charge in [-0.15, -0.1) is 0 Å². The van der Waals surface area contributed by atoms with Gasteiger partial charge in [-0.3, -0.25) is 9.59 Å². The van der Waals surface area contributed by atoms with Gasteiger partial charge in [0.2, 0.25) is 0 Å². The summed E-state index contributed by atoms with van der Waals surface area (Å²) < 4.78 is 5.99. The highest BCUT2D eigenvalue weighted by molar-refractivity contribution is 9.10. The molecule has 4 rings (SSSR count). The SMILES string of the molecule is O=C(Nc1ccc2c(c1)N(C(=O)c1ccco1)CCC2)c1ccccc1Br.